The van der Waals surface area contributed by atoms with Gasteiger partial charge in [-0.2, -0.15) is 70.2 Å². The van der Waals surface area contributed by atoms with Crippen LogP contribution in [-0.4, -0.2) is 97.4 Å². The van der Waals surface area contributed by atoms with Crippen molar-refractivity contribution in [1.82, 2.24) is 0 Å². The highest BCUT2D eigenvalue weighted by Gasteiger charge is 2.66. The van der Waals surface area contributed by atoms with E-state index in [2.05, 4.69) is 26.6 Å². The van der Waals surface area contributed by atoms with Crippen LogP contribution in [0.15, 0.2) is 23.1 Å². The molecule has 4 unspecified atom stereocenters. The molecule has 0 spiro atoms. The molecule has 141 heavy (non-hydrogen) atoms. The van der Waals surface area contributed by atoms with E-state index in [4.69, 9.17) is 55.4 Å². The lowest BCUT2D eigenvalue weighted by Gasteiger charge is -2.28. The lowest BCUT2D eigenvalue weighted by Crippen LogP contribution is -2.66. The molecule has 73 heteroatoms. The fraction of sp³-hybridized carbons (Fsp3) is 0.235. The molecule has 0 saturated carbocycles. The highest BCUT2D eigenvalue weighted by atomic mass is 35.6. The van der Waals surface area contributed by atoms with Gasteiger partial charge in [0.25, 0.3) is 0 Å². The van der Waals surface area contributed by atoms with Gasteiger partial charge in [0.05, 0.1) is 41.5 Å². The average molecular weight is 2350 g/mol. The SMILES string of the molecule is CCO[Si](Cl)(C(F)=C(F)F)c1c(F)c(F)c(C(F)(F)F)c(F)c1F.CCO[Si](Cl)(C(F)=C(F)F)c1c(F)c(F)c(F)c(F)c1F.CCO[Si](Cl)(c1c(F)c(F)c(C(F)(F)F)c(F)c1F)c1c(F)c(F)c(C(F)(F)F)c(F)c1F.CCO[Si](Cl)(c1c(F)c(F)c(F)c(F)c1F)C(F)(F)F.CCO[Si](O)(c1c(F)c(F)c(F)c(F)c1F)c1c(F)c(F)c(F)c(F)c1F.CO[Si](C)(Cl)c1c(F)c(F)c(F)c(F)c1F. The third kappa shape index (κ3) is 24.4. The minimum absolute atomic E-state index is 0.601. The van der Waals surface area contributed by atoms with Crippen molar-refractivity contribution in [2.75, 3.05) is 40.1 Å². The Labute approximate surface area is 774 Å². The molecule has 0 saturated heterocycles. The van der Waals surface area contributed by atoms with Crippen LogP contribution in [-0.2, 0) is 45.1 Å². The van der Waals surface area contributed by atoms with E-state index >= 15 is 0 Å². The zero-order chi connectivity index (χ0) is 111. The summed E-state index contributed by atoms with van der Waals surface area (Å²) in [6.45, 7) is 2.17. The maximum absolute atomic E-state index is 14.4. The molecule has 790 valence electrons. The van der Waals surface area contributed by atoms with Crippen LogP contribution in [0.1, 0.15) is 51.3 Å². The molecule has 0 heterocycles. The van der Waals surface area contributed by atoms with Crippen molar-refractivity contribution in [3.8, 4) is 0 Å². The normalized spacial score (nSPS) is 13.8. The van der Waals surface area contributed by atoms with Gasteiger partial charge < -0.3 is 31.4 Å². The maximum Gasteiger partial charge on any atom is 0.448 e. The van der Waals surface area contributed by atoms with Gasteiger partial charge in [0.15, 0.2) is 197 Å². The van der Waals surface area contributed by atoms with E-state index in [0.717, 1.165) is 48.3 Å². The molecular formula is C68H32Cl5F55O7Si6. The second-order valence-electron chi connectivity index (χ2n) is 25.2. The second kappa shape index (κ2) is 47.1. The zero-order valence-corrected chi connectivity index (χ0v) is 76.9. The summed E-state index contributed by atoms with van der Waals surface area (Å²) in [7, 11) is -32.0. The fourth-order valence-electron chi connectivity index (χ4n) is 10.7. The van der Waals surface area contributed by atoms with Gasteiger partial charge in [-0.15, -0.1) is 55.4 Å². The Morgan fingerprint density at radius 2 is 0.404 bits per heavy atom. The summed E-state index contributed by atoms with van der Waals surface area (Å²) in [4.78, 5) is 10.4. The molecule has 0 aliphatic carbocycles. The van der Waals surface area contributed by atoms with Crippen molar-refractivity contribution in [2.45, 2.75) is 65.5 Å². The molecule has 1 N–H and O–H groups in total. The van der Waals surface area contributed by atoms with Crippen LogP contribution >= 0.6 is 55.4 Å². The minimum atomic E-state index is -6.19. The van der Waals surface area contributed by atoms with Gasteiger partial charge >= 0.3 is 83.2 Å². The van der Waals surface area contributed by atoms with E-state index in [1.54, 1.807) is 0 Å². The number of rotatable bonds is 21. The van der Waals surface area contributed by atoms with Gasteiger partial charge in [-0.1, -0.05) is 0 Å². The van der Waals surface area contributed by atoms with E-state index in [1.165, 1.54) is 0 Å². The van der Waals surface area contributed by atoms with Gasteiger partial charge in [0, 0.05) is 40.1 Å². The van der Waals surface area contributed by atoms with Crippen LogP contribution in [0.4, 0.5) is 241 Å². The highest BCUT2D eigenvalue weighted by Crippen LogP contribution is 2.44. The molecule has 7 nitrogen and oxygen atoms in total. The molecule has 0 amide bonds. The summed E-state index contributed by atoms with van der Waals surface area (Å²) in [6, 6.07) is 0. The van der Waals surface area contributed by atoms with Crippen LogP contribution in [0.3, 0.4) is 0 Å². The Balaban J connectivity index is 0.000000441. The Bertz CT molecular complexity index is 5760. The molecular weight excluding hydrogens is 2320 g/mol. The summed E-state index contributed by atoms with van der Waals surface area (Å²) in [5.41, 5.74) is -14.5. The van der Waals surface area contributed by atoms with Gasteiger partial charge in [-0.05, 0) is 41.2 Å². The molecule has 0 radical (unpaired) electrons. The molecule has 8 aromatic carbocycles. The smallest absolute Gasteiger partial charge is 0.404 e. The Kier molecular flexibility index (Phi) is 42.5. The summed E-state index contributed by atoms with van der Waals surface area (Å²) >= 11 is 27.1. The first-order valence-electron chi connectivity index (χ1n) is 34.7. The monoisotopic (exact) mass is 2350 g/mol. The Morgan fingerprint density at radius 3 is 0.582 bits per heavy atom. The van der Waals surface area contributed by atoms with E-state index < -0.39 is 401 Å². The van der Waals surface area contributed by atoms with Crippen molar-refractivity contribution in [3.63, 3.8) is 0 Å². The number of hydrogen-bond donors (Lipinski definition) is 1. The van der Waals surface area contributed by atoms with Crippen LogP contribution < -0.4 is 41.5 Å². The topological polar surface area (TPSA) is 75.6 Å². The third-order valence-corrected chi connectivity index (χ3v) is 39.0. The second-order valence-corrected chi connectivity index (χ2v) is 48.9. The van der Waals surface area contributed by atoms with E-state index in [1.807, 2.05) is 0 Å². The van der Waals surface area contributed by atoms with Crippen molar-refractivity contribution >= 4 is 144 Å². The summed E-state index contributed by atoms with van der Waals surface area (Å²) in [5, 5.41) is -16.6. The first-order valence-corrected chi connectivity index (χ1v) is 51.6. The summed E-state index contributed by atoms with van der Waals surface area (Å²) < 4.78 is 756. The predicted molar refractivity (Wildman–Crippen MR) is 386 cm³/mol. The molecule has 0 bridgehead atoms. The number of halogens is 60. The number of alkyl halides is 12. The van der Waals surface area contributed by atoms with Crippen molar-refractivity contribution in [2.24, 2.45) is 0 Å². The molecule has 8 aromatic rings. The highest BCUT2D eigenvalue weighted by molar-refractivity contribution is 7.31. The maximum atomic E-state index is 14.4. The minimum Gasteiger partial charge on any atom is -0.404 e. The standard InChI is InChI=1S/C16H5ClF14OSi.C14H6F10O2Si.C11H5ClF10OSi.C10H5ClF8OSi.C9H5ClF8OSi.C8H6ClF5OSi/c1-2-32-33(17,13-9(22)5(18)3(15(26,27)28)6(19)10(13)23)14-11(24)7(20)4(16(29,30)31)8(21)12(14)25;1-2-26-27(25,13-9(21)5(17)3(15)6(18)10(13)22)14-11(23)7(19)4(16)8(20)12(14)24;1-2-23-24(12,10(19)9(17)18)8-6(15)4(13)3(11(20,21)22)5(14)7(8)16;1-2-20-21(11,10(19)9(17)18)8-6(15)4(13)3(12)5(14)7(8)16;1-2-19-20(10,9(16,17)18)8-6(14)4(12)3(11)5(13)7(8)15;1-15-16(2,9)8-6(13)4(11)3(10)5(12)7(8)14/h2H2,1H3;25H,2H2,1H3;2H2,1H3;2H2,1H3;2H2,1H3;1-2H3. The fourth-order valence-corrected chi connectivity index (χ4v) is 27.4. The first kappa shape index (κ1) is 127. The van der Waals surface area contributed by atoms with Crippen molar-refractivity contribution in [1.29, 1.82) is 0 Å². The van der Waals surface area contributed by atoms with E-state index in [9.17, 15) is 246 Å². The van der Waals surface area contributed by atoms with Gasteiger partial charge in [-0.25, -0.2) is 171 Å². The van der Waals surface area contributed by atoms with Gasteiger partial charge in [0.2, 0.25) is 29.1 Å². The lowest BCUT2D eigenvalue weighted by molar-refractivity contribution is -0.144. The first-order chi connectivity index (χ1) is 63.9. The van der Waals surface area contributed by atoms with E-state index in [0.29, 0.717) is 0 Å². The third-order valence-electron chi connectivity index (χ3n) is 16.8. The summed E-state index contributed by atoms with van der Waals surface area (Å²) in [5.74, 6) is -104. The van der Waals surface area contributed by atoms with E-state index in [-0.39, 0.29) is 0 Å². The van der Waals surface area contributed by atoms with Crippen LogP contribution in [0.5, 0.6) is 0 Å². The summed E-state index contributed by atoms with van der Waals surface area (Å²) in [6.07, 6.45) is -24.2. The number of hydrogen-bond acceptors (Lipinski definition) is 7. The molecule has 0 aromatic heterocycles. The zero-order valence-electron chi connectivity index (χ0n) is 67.1. The molecule has 8 rings (SSSR count). The average Bonchev–Trinajstić information content (AvgIpc) is 0.708. The largest absolute Gasteiger partial charge is 0.448 e. The molecule has 0 aliphatic rings. The Hall–Kier alpha value is -8.14. The molecule has 0 fully saturated rings. The van der Waals surface area contributed by atoms with Crippen molar-refractivity contribution < 1.29 is 273 Å². The Morgan fingerprint density at radius 1 is 0.234 bits per heavy atom. The molecule has 4 atom stereocenters. The predicted octanol–water partition coefficient (Wildman–Crippen LogP) is 23.0. The van der Waals surface area contributed by atoms with Gasteiger partial charge in [-0.3, -0.25) is 0 Å². The molecule has 0 aliphatic heterocycles. The van der Waals surface area contributed by atoms with Gasteiger partial charge in [0.1, 0.15) is 16.7 Å². The van der Waals surface area contributed by atoms with Crippen LogP contribution in [0.25, 0.3) is 0 Å². The van der Waals surface area contributed by atoms with Crippen molar-refractivity contribution in [3.05, 3.63) is 255 Å². The van der Waals surface area contributed by atoms with Crippen LogP contribution in [0, 0.1) is 215 Å². The number of benzene rings is 8. The quantitative estimate of drug-likeness (QED) is 0.0253. The lowest BCUT2D eigenvalue weighted by atomic mass is 10.1. The van der Waals surface area contributed by atoms with Crippen LogP contribution in [0.2, 0.25) is 6.55 Å².